The van der Waals surface area contributed by atoms with Crippen LogP contribution in [-0.2, 0) is 12.8 Å². The molecule has 3 heteroatoms. The Balaban J connectivity index is 2.08. The third kappa shape index (κ3) is 2.08. The molecule has 0 radical (unpaired) electrons. The molecule has 0 spiro atoms. The number of benzene rings is 2. The van der Waals surface area contributed by atoms with Gasteiger partial charge in [-0.2, -0.15) is 5.26 Å². The lowest BCUT2D eigenvalue weighted by Crippen LogP contribution is -2.11. The van der Waals surface area contributed by atoms with Crippen molar-refractivity contribution in [2.24, 2.45) is 0 Å². The smallest absolute Gasteiger partial charge is 0.142 e. The molecule has 110 valence electrons. The highest BCUT2D eigenvalue weighted by atomic mass is 14.9. The highest BCUT2D eigenvalue weighted by Gasteiger charge is 2.24. The van der Waals surface area contributed by atoms with Gasteiger partial charge in [0.05, 0.1) is 5.69 Å². The van der Waals surface area contributed by atoms with Gasteiger partial charge in [0.15, 0.2) is 0 Å². The van der Waals surface area contributed by atoms with Gasteiger partial charge in [-0.05, 0) is 29.5 Å². The van der Waals surface area contributed by atoms with Gasteiger partial charge in [0.1, 0.15) is 17.5 Å². The maximum Gasteiger partial charge on any atom is 0.142 e. The Morgan fingerprint density at radius 2 is 1.70 bits per heavy atom. The van der Waals surface area contributed by atoms with Crippen LogP contribution in [0.1, 0.15) is 16.7 Å². The average molecular weight is 297 g/mol. The SMILES string of the molecule is N#Cc1c(N)nc2c(c1-c1ccccc1)CCc1ccccc1-2. The fourth-order valence-electron chi connectivity index (χ4n) is 3.37. The monoisotopic (exact) mass is 297 g/mol. The van der Waals surface area contributed by atoms with E-state index in [4.69, 9.17) is 5.73 Å². The molecular weight excluding hydrogens is 282 g/mol. The van der Waals surface area contributed by atoms with E-state index in [-0.39, 0.29) is 0 Å². The standard InChI is InChI=1S/C20H15N3/c21-12-17-18(14-7-2-1-3-8-14)16-11-10-13-6-4-5-9-15(13)19(16)23-20(17)22/h1-9H,10-11H2,(H2,22,23). The van der Waals surface area contributed by atoms with Crippen LogP contribution in [0.25, 0.3) is 22.4 Å². The van der Waals surface area contributed by atoms with Crippen molar-refractivity contribution in [2.45, 2.75) is 12.8 Å². The molecule has 1 heterocycles. The molecule has 3 nitrogen and oxygen atoms in total. The first-order valence-corrected chi connectivity index (χ1v) is 7.65. The van der Waals surface area contributed by atoms with Gasteiger partial charge in [-0.1, -0.05) is 54.6 Å². The number of rotatable bonds is 1. The number of nitriles is 1. The summed E-state index contributed by atoms with van der Waals surface area (Å²) >= 11 is 0. The third-order valence-corrected chi connectivity index (χ3v) is 4.42. The van der Waals surface area contributed by atoms with Gasteiger partial charge in [-0.15, -0.1) is 0 Å². The summed E-state index contributed by atoms with van der Waals surface area (Å²) in [6, 6.07) is 20.5. The third-order valence-electron chi connectivity index (χ3n) is 4.42. The second-order valence-electron chi connectivity index (χ2n) is 5.71. The number of nitrogen functional groups attached to an aromatic ring is 1. The quantitative estimate of drug-likeness (QED) is 0.739. The zero-order chi connectivity index (χ0) is 15.8. The van der Waals surface area contributed by atoms with E-state index >= 15 is 0 Å². The minimum absolute atomic E-state index is 0.307. The Kier molecular flexibility index (Phi) is 3.09. The predicted molar refractivity (Wildman–Crippen MR) is 91.6 cm³/mol. The predicted octanol–water partition coefficient (Wildman–Crippen LogP) is 3.97. The Bertz CT molecular complexity index is 937. The van der Waals surface area contributed by atoms with Crippen LogP contribution in [0.4, 0.5) is 5.82 Å². The minimum Gasteiger partial charge on any atom is -0.383 e. The molecule has 2 N–H and O–H groups in total. The highest BCUT2D eigenvalue weighted by molar-refractivity contribution is 5.86. The first-order valence-electron chi connectivity index (χ1n) is 7.65. The molecule has 0 aliphatic heterocycles. The van der Waals surface area contributed by atoms with Crippen LogP contribution in [0.2, 0.25) is 0 Å². The summed E-state index contributed by atoms with van der Waals surface area (Å²) in [5.74, 6) is 0.307. The second-order valence-corrected chi connectivity index (χ2v) is 5.71. The number of fused-ring (bicyclic) bond motifs is 3. The first kappa shape index (κ1) is 13.5. The van der Waals surface area contributed by atoms with Crippen molar-refractivity contribution in [1.82, 2.24) is 4.98 Å². The zero-order valence-corrected chi connectivity index (χ0v) is 12.6. The lowest BCUT2D eigenvalue weighted by molar-refractivity contribution is 0.929. The lowest BCUT2D eigenvalue weighted by Gasteiger charge is -2.23. The molecule has 0 atom stereocenters. The number of nitrogens with two attached hydrogens (primary N) is 1. The van der Waals surface area contributed by atoms with E-state index in [0.29, 0.717) is 11.4 Å². The fraction of sp³-hybridized carbons (Fsp3) is 0.100. The van der Waals surface area contributed by atoms with Gasteiger partial charge in [0, 0.05) is 11.1 Å². The first-order chi connectivity index (χ1) is 11.3. The van der Waals surface area contributed by atoms with E-state index in [9.17, 15) is 5.26 Å². The van der Waals surface area contributed by atoms with Gasteiger partial charge in [-0.25, -0.2) is 4.98 Å². The summed E-state index contributed by atoms with van der Waals surface area (Å²) in [4.78, 5) is 4.57. The van der Waals surface area contributed by atoms with Crippen LogP contribution in [0.5, 0.6) is 0 Å². The van der Waals surface area contributed by atoms with E-state index in [0.717, 1.165) is 40.8 Å². The van der Waals surface area contributed by atoms with Crippen LogP contribution in [0.3, 0.4) is 0 Å². The van der Waals surface area contributed by atoms with Crippen LogP contribution in [-0.4, -0.2) is 4.98 Å². The van der Waals surface area contributed by atoms with Crippen molar-refractivity contribution < 1.29 is 0 Å². The van der Waals surface area contributed by atoms with E-state index in [1.165, 1.54) is 5.56 Å². The molecule has 0 saturated heterocycles. The second kappa shape index (κ2) is 5.26. The number of hydrogen-bond acceptors (Lipinski definition) is 3. The van der Waals surface area contributed by atoms with Crippen molar-refractivity contribution in [3.63, 3.8) is 0 Å². The Hall–Kier alpha value is -3.12. The maximum absolute atomic E-state index is 9.59. The fourth-order valence-corrected chi connectivity index (χ4v) is 3.37. The Morgan fingerprint density at radius 1 is 0.957 bits per heavy atom. The number of hydrogen-bond donors (Lipinski definition) is 1. The van der Waals surface area contributed by atoms with Crippen LogP contribution in [0.15, 0.2) is 54.6 Å². The molecule has 0 amide bonds. The normalized spacial score (nSPS) is 12.1. The van der Waals surface area contributed by atoms with E-state index < -0.39 is 0 Å². The number of aromatic nitrogens is 1. The average Bonchev–Trinajstić information content (AvgIpc) is 2.61. The molecule has 2 aromatic carbocycles. The Labute approximate surface area is 135 Å². The summed E-state index contributed by atoms with van der Waals surface area (Å²) < 4.78 is 0. The molecule has 0 bridgehead atoms. The summed E-state index contributed by atoms with van der Waals surface area (Å²) in [6.07, 6.45) is 1.83. The minimum atomic E-state index is 0.307. The molecule has 1 aliphatic rings. The maximum atomic E-state index is 9.59. The number of nitrogens with zero attached hydrogens (tertiary/aromatic N) is 2. The topological polar surface area (TPSA) is 62.7 Å². The molecule has 0 fully saturated rings. The van der Waals surface area contributed by atoms with Gasteiger partial charge in [0.2, 0.25) is 0 Å². The van der Waals surface area contributed by atoms with Crippen LogP contribution < -0.4 is 5.73 Å². The molecular formula is C20H15N3. The summed E-state index contributed by atoms with van der Waals surface area (Å²) in [6.45, 7) is 0. The van der Waals surface area contributed by atoms with Gasteiger partial charge in [0.25, 0.3) is 0 Å². The molecule has 1 aliphatic carbocycles. The number of pyridine rings is 1. The molecule has 1 aromatic heterocycles. The zero-order valence-electron chi connectivity index (χ0n) is 12.6. The van der Waals surface area contributed by atoms with Crippen LogP contribution in [0, 0.1) is 11.3 Å². The molecule has 23 heavy (non-hydrogen) atoms. The molecule has 3 aromatic rings. The summed E-state index contributed by atoms with van der Waals surface area (Å²) in [5, 5.41) is 9.59. The van der Waals surface area contributed by atoms with Gasteiger partial charge in [-0.3, -0.25) is 0 Å². The summed E-state index contributed by atoms with van der Waals surface area (Å²) in [7, 11) is 0. The van der Waals surface area contributed by atoms with Crippen LogP contribution >= 0.6 is 0 Å². The van der Waals surface area contributed by atoms with Gasteiger partial charge >= 0.3 is 0 Å². The Morgan fingerprint density at radius 3 is 2.48 bits per heavy atom. The van der Waals surface area contributed by atoms with Crippen molar-refractivity contribution in [1.29, 1.82) is 5.26 Å². The van der Waals surface area contributed by atoms with E-state index in [1.807, 2.05) is 36.4 Å². The number of anilines is 1. The summed E-state index contributed by atoms with van der Waals surface area (Å²) in [5.41, 5.74) is 13.0. The molecule has 0 unspecified atom stereocenters. The van der Waals surface area contributed by atoms with Gasteiger partial charge < -0.3 is 5.73 Å². The van der Waals surface area contributed by atoms with E-state index in [1.54, 1.807) is 0 Å². The van der Waals surface area contributed by atoms with Crippen molar-refractivity contribution >= 4 is 5.82 Å². The largest absolute Gasteiger partial charge is 0.383 e. The lowest BCUT2D eigenvalue weighted by atomic mass is 9.83. The highest BCUT2D eigenvalue weighted by Crippen LogP contribution is 2.40. The van der Waals surface area contributed by atoms with E-state index in [2.05, 4.69) is 29.3 Å². The molecule has 4 rings (SSSR count). The molecule has 0 saturated carbocycles. The van der Waals surface area contributed by atoms with Crippen molar-refractivity contribution in [3.05, 3.63) is 71.3 Å². The number of aryl methyl sites for hydroxylation is 1. The van der Waals surface area contributed by atoms with Crippen molar-refractivity contribution in [2.75, 3.05) is 5.73 Å². The van der Waals surface area contributed by atoms with Crippen molar-refractivity contribution in [3.8, 4) is 28.5 Å².